The Balaban J connectivity index is 1.48. The van der Waals surface area contributed by atoms with E-state index in [1.807, 2.05) is 73.9 Å². The van der Waals surface area contributed by atoms with E-state index >= 15 is 0 Å². The lowest BCUT2D eigenvalue weighted by Crippen LogP contribution is -2.24. The zero-order valence-corrected chi connectivity index (χ0v) is 18.1. The molecular weight excluding hydrogens is 398 g/mol. The van der Waals surface area contributed by atoms with E-state index in [2.05, 4.69) is 20.8 Å². The first-order valence-electron chi connectivity index (χ1n) is 9.69. The van der Waals surface area contributed by atoms with Crippen LogP contribution in [0.1, 0.15) is 25.0 Å². The van der Waals surface area contributed by atoms with E-state index in [4.69, 9.17) is 0 Å². The van der Waals surface area contributed by atoms with Gasteiger partial charge in [-0.25, -0.2) is 0 Å². The summed E-state index contributed by atoms with van der Waals surface area (Å²) >= 11 is 1.34. The second-order valence-electron chi connectivity index (χ2n) is 7.23. The largest absolute Gasteiger partial charge is 0.351 e. The maximum atomic E-state index is 12.2. The molecule has 2 amide bonds. The van der Waals surface area contributed by atoms with Crippen molar-refractivity contribution in [2.24, 2.45) is 5.92 Å². The minimum atomic E-state index is -0.0874. The lowest BCUT2D eigenvalue weighted by Gasteiger charge is -2.09. The fourth-order valence-corrected chi connectivity index (χ4v) is 3.34. The van der Waals surface area contributed by atoms with Gasteiger partial charge in [-0.15, -0.1) is 10.2 Å². The number of benzene rings is 2. The molecule has 0 unspecified atom stereocenters. The van der Waals surface area contributed by atoms with E-state index in [1.165, 1.54) is 17.3 Å². The molecule has 0 atom stereocenters. The molecule has 0 radical (unpaired) electrons. The predicted octanol–water partition coefficient (Wildman–Crippen LogP) is 3.58. The number of carbonyl (C=O) groups excluding carboxylic acids is 2. The minimum Gasteiger partial charge on any atom is -0.351 e. The second kappa shape index (κ2) is 10.1. The Labute approximate surface area is 180 Å². The zero-order chi connectivity index (χ0) is 21.5. The van der Waals surface area contributed by atoms with Gasteiger partial charge in [0.1, 0.15) is 6.33 Å². The molecule has 0 aliphatic carbocycles. The highest BCUT2D eigenvalue weighted by atomic mass is 32.2. The van der Waals surface area contributed by atoms with Crippen LogP contribution < -0.4 is 10.6 Å². The summed E-state index contributed by atoms with van der Waals surface area (Å²) in [6, 6.07) is 15.5. The molecule has 3 rings (SSSR count). The van der Waals surface area contributed by atoms with Gasteiger partial charge in [0.25, 0.3) is 0 Å². The monoisotopic (exact) mass is 423 g/mol. The van der Waals surface area contributed by atoms with Gasteiger partial charge in [0.2, 0.25) is 11.8 Å². The van der Waals surface area contributed by atoms with Crippen molar-refractivity contribution in [1.29, 1.82) is 0 Å². The van der Waals surface area contributed by atoms with Crippen LogP contribution in [0.5, 0.6) is 0 Å². The summed E-state index contributed by atoms with van der Waals surface area (Å²) in [6.45, 7) is 6.15. The molecule has 0 saturated carbocycles. The number of carbonyl (C=O) groups is 2. The molecule has 0 aliphatic rings. The van der Waals surface area contributed by atoms with E-state index in [0.717, 1.165) is 16.9 Å². The maximum absolute atomic E-state index is 12.2. The van der Waals surface area contributed by atoms with Gasteiger partial charge in [-0.1, -0.05) is 55.4 Å². The van der Waals surface area contributed by atoms with Gasteiger partial charge in [-0.2, -0.15) is 0 Å². The van der Waals surface area contributed by atoms with Crippen LogP contribution in [-0.4, -0.2) is 32.3 Å². The van der Waals surface area contributed by atoms with Crippen LogP contribution in [0.4, 0.5) is 5.69 Å². The van der Waals surface area contributed by atoms with Gasteiger partial charge in [-0.3, -0.25) is 14.2 Å². The number of hydrogen-bond donors (Lipinski definition) is 2. The molecule has 0 saturated heterocycles. The number of aromatic nitrogens is 3. The standard InChI is InChI=1S/C22H25N5O2S/c1-15(2)21(29)25-18-8-6-17(7-9-18)12-23-20(28)13-30-22-26-24-14-27(22)19-10-4-16(3)5-11-19/h4-11,14-15H,12-13H2,1-3H3,(H,23,28)(H,25,29). The van der Waals surface area contributed by atoms with Crippen LogP contribution in [-0.2, 0) is 16.1 Å². The van der Waals surface area contributed by atoms with E-state index in [9.17, 15) is 9.59 Å². The molecule has 0 spiro atoms. The summed E-state index contributed by atoms with van der Waals surface area (Å²) in [7, 11) is 0. The van der Waals surface area contributed by atoms with Gasteiger partial charge >= 0.3 is 0 Å². The van der Waals surface area contributed by atoms with Crippen molar-refractivity contribution in [1.82, 2.24) is 20.1 Å². The topological polar surface area (TPSA) is 88.9 Å². The van der Waals surface area contributed by atoms with Gasteiger partial charge < -0.3 is 10.6 Å². The number of thioether (sulfide) groups is 1. The van der Waals surface area contributed by atoms with E-state index in [1.54, 1.807) is 6.33 Å². The second-order valence-corrected chi connectivity index (χ2v) is 8.17. The fourth-order valence-electron chi connectivity index (χ4n) is 2.58. The quantitative estimate of drug-likeness (QED) is 0.541. The first-order chi connectivity index (χ1) is 14.4. The number of nitrogens with one attached hydrogen (secondary N) is 2. The number of amides is 2. The lowest BCUT2D eigenvalue weighted by atomic mass is 10.1. The Morgan fingerprint density at radius 3 is 2.43 bits per heavy atom. The number of nitrogens with zero attached hydrogens (tertiary/aromatic N) is 3. The molecular formula is C22H25N5O2S. The Morgan fingerprint density at radius 2 is 1.77 bits per heavy atom. The molecule has 8 heteroatoms. The predicted molar refractivity (Wildman–Crippen MR) is 119 cm³/mol. The molecule has 2 N–H and O–H groups in total. The van der Waals surface area contributed by atoms with Crippen LogP contribution in [0.15, 0.2) is 60.0 Å². The highest BCUT2D eigenvalue weighted by Crippen LogP contribution is 2.19. The molecule has 156 valence electrons. The molecule has 2 aromatic carbocycles. The highest BCUT2D eigenvalue weighted by Gasteiger charge is 2.11. The molecule has 3 aromatic rings. The van der Waals surface area contributed by atoms with E-state index in [0.29, 0.717) is 11.7 Å². The number of aryl methyl sites for hydroxylation is 1. The fraction of sp³-hybridized carbons (Fsp3) is 0.273. The van der Waals surface area contributed by atoms with Gasteiger partial charge in [0.15, 0.2) is 5.16 Å². The summed E-state index contributed by atoms with van der Waals surface area (Å²) < 4.78 is 1.86. The third kappa shape index (κ3) is 5.93. The minimum absolute atomic E-state index is 0.0217. The van der Waals surface area contributed by atoms with Crippen LogP contribution in [0, 0.1) is 12.8 Å². The highest BCUT2D eigenvalue weighted by molar-refractivity contribution is 7.99. The van der Waals surface area contributed by atoms with Gasteiger partial charge in [-0.05, 0) is 36.8 Å². The Bertz CT molecular complexity index is 997. The summed E-state index contributed by atoms with van der Waals surface area (Å²) in [5.74, 6) is 0.0630. The lowest BCUT2D eigenvalue weighted by molar-refractivity contribution is -0.119. The first-order valence-corrected chi connectivity index (χ1v) is 10.7. The zero-order valence-electron chi connectivity index (χ0n) is 17.3. The Morgan fingerprint density at radius 1 is 1.07 bits per heavy atom. The van der Waals surface area contributed by atoms with Gasteiger partial charge in [0.05, 0.1) is 5.75 Å². The third-order valence-electron chi connectivity index (χ3n) is 4.40. The van der Waals surface area contributed by atoms with Crippen LogP contribution >= 0.6 is 11.8 Å². The number of rotatable bonds is 8. The first kappa shape index (κ1) is 21.6. The van der Waals surface area contributed by atoms with Crippen molar-refractivity contribution in [3.63, 3.8) is 0 Å². The smallest absolute Gasteiger partial charge is 0.230 e. The molecule has 0 fully saturated rings. The molecule has 1 aromatic heterocycles. The summed E-state index contributed by atoms with van der Waals surface area (Å²) in [4.78, 5) is 24.0. The average molecular weight is 424 g/mol. The molecule has 0 aliphatic heterocycles. The van der Waals surface area contributed by atoms with Crippen molar-refractivity contribution < 1.29 is 9.59 Å². The summed E-state index contributed by atoms with van der Waals surface area (Å²) in [6.07, 6.45) is 1.64. The van der Waals surface area contributed by atoms with Crippen molar-refractivity contribution in [3.8, 4) is 5.69 Å². The summed E-state index contributed by atoms with van der Waals surface area (Å²) in [5, 5.41) is 14.5. The molecule has 30 heavy (non-hydrogen) atoms. The normalized spacial score (nSPS) is 10.8. The number of anilines is 1. The Hall–Kier alpha value is -3.13. The average Bonchev–Trinajstić information content (AvgIpc) is 3.21. The van der Waals surface area contributed by atoms with Crippen molar-refractivity contribution >= 4 is 29.3 Å². The van der Waals surface area contributed by atoms with Crippen molar-refractivity contribution in [2.45, 2.75) is 32.5 Å². The van der Waals surface area contributed by atoms with E-state index < -0.39 is 0 Å². The van der Waals surface area contributed by atoms with Crippen molar-refractivity contribution in [2.75, 3.05) is 11.1 Å². The van der Waals surface area contributed by atoms with Crippen LogP contribution in [0.25, 0.3) is 5.69 Å². The molecule has 1 heterocycles. The third-order valence-corrected chi connectivity index (χ3v) is 5.34. The Kier molecular flexibility index (Phi) is 7.24. The maximum Gasteiger partial charge on any atom is 0.230 e. The van der Waals surface area contributed by atoms with Crippen molar-refractivity contribution in [3.05, 3.63) is 66.0 Å². The molecule has 0 bridgehead atoms. The van der Waals surface area contributed by atoms with Crippen LogP contribution in [0.3, 0.4) is 0 Å². The number of hydrogen-bond acceptors (Lipinski definition) is 5. The molecule has 7 nitrogen and oxygen atoms in total. The SMILES string of the molecule is Cc1ccc(-n2cnnc2SCC(=O)NCc2ccc(NC(=O)C(C)C)cc2)cc1. The van der Waals surface area contributed by atoms with Gasteiger partial charge in [0, 0.05) is 23.8 Å². The van der Waals surface area contributed by atoms with E-state index in [-0.39, 0.29) is 23.5 Å². The summed E-state index contributed by atoms with van der Waals surface area (Å²) in [5.41, 5.74) is 3.84. The van der Waals surface area contributed by atoms with Crippen LogP contribution in [0.2, 0.25) is 0 Å².